The van der Waals surface area contributed by atoms with Gasteiger partial charge >= 0.3 is 0 Å². The highest BCUT2D eigenvalue weighted by Gasteiger charge is 2.22. The summed E-state index contributed by atoms with van der Waals surface area (Å²) in [6.07, 6.45) is 4.80. The highest BCUT2D eigenvalue weighted by molar-refractivity contribution is 6.37. The van der Waals surface area contributed by atoms with Gasteiger partial charge in [-0.25, -0.2) is 4.39 Å². The smallest absolute Gasteiger partial charge is 0.199 e. The molecule has 0 saturated heterocycles. The third kappa shape index (κ3) is 3.50. The van der Waals surface area contributed by atoms with Crippen LogP contribution in [-0.4, -0.2) is 26.3 Å². The van der Waals surface area contributed by atoms with Crippen molar-refractivity contribution in [2.75, 3.05) is 0 Å². The number of aromatic nitrogens is 3. The molecule has 0 aliphatic rings. The van der Waals surface area contributed by atoms with Gasteiger partial charge in [-0.2, -0.15) is 5.10 Å². The third-order valence-electron chi connectivity index (χ3n) is 3.64. The largest absolute Gasteiger partial charge is 0.358 e. The normalized spacial score (nSPS) is 10.9. The molecule has 0 saturated carbocycles. The zero-order valence-corrected chi connectivity index (χ0v) is 14.5. The number of nitrogens with zero attached hydrogens (tertiary/aromatic N) is 2. The minimum Gasteiger partial charge on any atom is -0.358 e. The summed E-state index contributed by atoms with van der Waals surface area (Å²) in [5.41, 5.74) is 0.793. The highest BCUT2D eigenvalue weighted by atomic mass is 35.5. The van der Waals surface area contributed by atoms with Crippen LogP contribution in [0.3, 0.4) is 0 Å². The van der Waals surface area contributed by atoms with Gasteiger partial charge in [-0.1, -0.05) is 23.2 Å². The Hall–Kier alpha value is -2.44. The predicted molar refractivity (Wildman–Crippen MR) is 91.9 cm³/mol. The van der Waals surface area contributed by atoms with Crippen LogP contribution in [0.4, 0.5) is 4.39 Å². The number of H-pyrrole nitrogens is 1. The summed E-state index contributed by atoms with van der Waals surface area (Å²) in [5, 5.41) is 3.75. The summed E-state index contributed by atoms with van der Waals surface area (Å²) in [5.74, 6) is -1.75. The summed E-state index contributed by atoms with van der Waals surface area (Å²) in [4.78, 5) is 27.5. The first-order chi connectivity index (χ1) is 11.9. The minimum atomic E-state index is -0.886. The number of benzene rings is 1. The average molecular weight is 380 g/mol. The van der Waals surface area contributed by atoms with Gasteiger partial charge < -0.3 is 4.98 Å². The second kappa shape index (κ2) is 6.82. The van der Waals surface area contributed by atoms with Gasteiger partial charge in [-0.15, -0.1) is 0 Å². The number of Topliss-reactive ketones (excluding diaryl/α,β-unsaturated/α-hetero) is 1. The van der Waals surface area contributed by atoms with E-state index in [1.165, 1.54) is 24.4 Å². The molecule has 0 atom stereocenters. The molecule has 0 aliphatic heterocycles. The van der Waals surface area contributed by atoms with Crippen LogP contribution in [0.1, 0.15) is 32.0 Å². The van der Waals surface area contributed by atoms with Crippen LogP contribution in [0.15, 0.2) is 36.8 Å². The standard InChI is InChI=1S/C17H12Cl2FN3O2/c1-23-8-9(6-22-23)4-14(24)13-5-10(7-21-13)17(25)15-11(18)2-3-12(19)16(15)20/h2-3,5-8,21H,4H2,1H3. The Morgan fingerprint density at radius 3 is 2.68 bits per heavy atom. The topological polar surface area (TPSA) is 67.8 Å². The monoisotopic (exact) mass is 379 g/mol. The molecule has 1 aromatic carbocycles. The SMILES string of the molecule is Cn1cc(CC(=O)c2cc(C(=O)c3c(Cl)ccc(Cl)c3F)c[nH]2)cn1. The van der Waals surface area contributed by atoms with Crippen LogP contribution in [0.5, 0.6) is 0 Å². The molecule has 0 unspecified atom stereocenters. The minimum absolute atomic E-state index is 0.0451. The van der Waals surface area contributed by atoms with Crippen LogP contribution < -0.4 is 0 Å². The maximum Gasteiger partial charge on any atom is 0.199 e. The molecule has 1 N–H and O–H groups in total. The predicted octanol–water partition coefficient (Wildman–Crippen LogP) is 3.85. The molecule has 3 aromatic rings. The fraction of sp³-hybridized carbons (Fsp3) is 0.118. The van der Waals surface area contributed by atoms with Gasteiger partial charge in [-0.3, -0.25) is 14.3 Å². The molecule has 0 aliphatic carbocycles. The van der Waals surface area contributed by atoms with E-state index in [9.17, 15) is 14.0 Å². The molecule has 2 heterocycles. The van der Waals surface area contributed by atoms with Crippen LogP contribution in [0.2, 0.25) is 10.0 Å². The number of hydrogen-bond acceptors (Lipinski definition) is 3. The summed E-state index contributed by atoms with van der Waals surface area (Å²) >= 11 is 11.6. The highest BCUT2D eigenvalue weighted by Crippen LogP contribution is 2.28. The molecule has 8 heteroatoms. The lowest BCUT2D eigenvalue weighted by molar-refractivity contribution is 0.0988. The quantitative estimate of drug-likeness (QED) is 0.540. The van der Waals surface area contributed by atoms with Crippen molar-refractivity contribution in [3.05, 3.63) is 75.0 Å². The first-order valence-corrected chi connectivity index (χ1v) is 7.99. The van der Waals surface area contributed by atoms with E-state index >= 15 is 0 Å². The zero-order chi connectivity index (χ0) is 18.1. The van der Waals surface area contributed by atoms with Crippen molar-refractivity contribution in [2.24, 2.45) is 7.05 Å². The van der Waals surface area contributed by atoms with Crippen molar-refractivity contribution in [3.63, 3.8) is 0 Å². The molecule has 0 radical (unpaired) electrons. The second-order valence-corrected chi connectivity index (χ2v) is 6.29. The molecule has 128 valence electrons. The van der Waals surface area contributed by atoms with E-state index in [1.807, 2.05) is 0 Å². The van der Waals surface area contributed by atoms with Crippen molar-refractivity contribution >= 4 is 34.8 Å². The van der Waals surface area contributed by atoms with Crippen molar-refractivity contribution in [3.8, 4) is 0 Å². The van der Waals surface area contributed by atoms with Crippen molar-refractivity contribution in [1.29, 1.82) is 0 Å². The van der Waals surface area contributed by atoms with E-state index in [0.29, 0.717) is 0 Å². The van der Waals surface area contributed by atoms with E-state index in [2.05, 4.69) is 10.1 Å². The number of nitrogens with one attached hydrogen (secondary N) is 1. The van der Waals surface area contributed by atoms with Crippen LogP contribution in [-0.2, 0) is 13.5 Å². The van der Waals surface area contributed by atoms with E-state index in [4.69, 9.17) is 23.2 Å². The molecule has 0 amide bonds. The Bertz CT molecular complexity index is 978. The lowest BCUT2D eigenvalue weighted by Gasteiger charge is -2.05. The molecule has 25 heavy (non-hydrogen) atoms. The number of aromatic amines is 1. The van der Waals surface area contributed by atoms with Gasteiger partial charge in [0.1, 0.15) is 0 Å². The lowest BCUT2D eigenvalue weighted by atomic mass is 10.0. The number of halogens is 3. The van der Waals surface area contributed by atoms with Crippen molar-refractivity contribution in [2.45, 2.75) is 6.42 Å². The van der Waals surface area contributed by atoms with Gasteiger partial charge in [0.15, 0.2) is 17.4 Å². The Morgan fingerprint density at radius 2 is 2.00 bits per heavy atom. The summed E-state index contributed by atoms with van der Waals surface area (Å²) in [7, 11) is 1.75. The Morgan fingerprint density at radius 1 is 1.28 bits per heavy atom. The van der Waals surface area contributed by atoms with E-state index < -0.39 is 11.6 Å². The van der Waals surface area contributed by atoms with Gasteiger partial charge in [0.05, 0.1) is 27.5 Å². The van der Waals surface area contributed by atoms with Gasteiger partial charge in [0.2, 0.25) is 0 Å². The van der Waals surface area contributed by atoms with Crippen LogP contribution in [0.25, 0.3) is 0 Å². The second-order valence-electron chi connectivity index (χ2n) is 5.47. The number of carbonyl (C=O) groups is 2. The van der Waals surface area contributed by atoms with Crippen LogP contribution >= 0.6 is 23.2 Å². The fourth-order valence-electron chi connectivity index (χ4n) is 2.41. The Balaban J connectivity index is 1.85. The first-order valence-electron chi connectivity index (χ1n) is 7.24. The molecular weight excluding hydrogens is 368 g/mol. The third-order valence-corrected chi connectivity index (χ3v) is 4.25. The first kappa shape index (κ1) is 17.4. The number of rotatable bonds is 5. The molecule has 3 rings (SSSR count). The van der Waals surface area contributed by atoms with E-state index in [1.54, 1.807) is 24.1 Å². The average Bonchev–Trinajstić information content (AvgIpc) is 3.20. The maximum atomic E-state index is 14.1. The van der Waals surface area contributed by atoms with Crippen molar-refractivity contribution < 1.29 is 14.0 Å². The molecular formula is C17H12Cl2FN3O2. The molecule has 0 spiro atoms. The Labute approximate surface area is 152 Å². The van der Waals surface area contributed by atoms with Crippen molar-refractivity contribution in [1.82, 2.24) is 14.8 Å². The lowest BCUT2D eigenvalue weighted by Crippen LogP contribution is -2.05. The number of hydrogen-bond donors (Lipinski definition) is 1. The fourth-order valence-corrected chi connectivity index (χ4v) is 2.80. The van der Waals surface area contributed by atoms with Gasteiger partial charge in [0, 0.05) is 31.4 Å². The van der Waals surface area contributed by atoms with Gasteiger partial charge in [-0.05, 0) is 23.8 Å². The number of carbonyl (C=O) groups excluding carboxylic acids is 2. The van der Waals surface area contributed by atoms with E-state index in [-0.39, 0.29) is 39.1 Å². The molecule has 0 bridgehead atoms. The summed E-state index contributed by atoms with van der Waals surface area (Å²) < 4.78 is 15.7. The molecule has 2 aromatic heterocycles. The Kier molecular flexibility index (Phi) is 4.74. The van der Waals surface area contributed by atoms with Gasteiger partial charge in [0.25, 0.3) is 0 Å². The molecule has 0 fully saturated rings. The van der Waals surface area contributed by atoms with E-state index in [0.717, 1.165) is 5.56 Å². The summed E-state index contributed by atoms with van der Waals surface area (Å²) in [6, 6.07) is 4.00. The number of aryl methyl sites for hydroxylation is 1. The zero-order valence-electron chi connectivity index (χ0n) is 13.0. The number of ketones is 2. The maximum absolute atomic E-state index is 14.1. The molecule has 5 nitrogen and oxygen atoms in total. The van der Waals surface area contributed by atoms with Crippen LogP contribution in [0, 0.1) is 5.82 Å². The summed E-state index contributed by atoms with van der Waals surface area (Å²) in [6.45, 7) is 0.